The smallest absolute Gasteiger partial charge is 0.256 e. The van der Waals surface area contributed by atoms with Crippen LogP contribution in [0, 0.1) is 0 Å². The van der Waals surface area contributed by atoms with E-state index in [0.717, 1.165) is 5.56 Å². The van der Waals surface area contributed by atoms with E-state index in [0.29, 0.717) is 13.1 Å². The lowest BCUT2D eigenvalue weighted by molar-refractivity contribution is -0.144. The Morgan fingerprint density at radius 3 is 2.63 bits per heavy atom. The number of nitrogens with zero attached hydrogens (tertiary/aromatic N) is 1. The number of β-amino-alcohol motifs (C(OH)–C–C–N with tert-alkyl or cyclic N) is 1. The van der Waals surface area contributed by atoms with Crippen molar-refractivity contribution < 1.29 is 14.6 Å². The molecule has 0 bridgehead atoms. The van der Waals surface area contributed by atoms with Gasteiger partial charge in [0.25, 0.3) is 5.91 Å². The van der Waals surface area contributed by atoms with Crippen molar-refractivity contribution in [3.8, 4) is 0 Å². The molecule has 5 heteroatoms. The average Bonchev–Trinajstić information content (AvgIpc) is 2.86. The quantitative estimate of drug-likeness (QED) is 0.813. The molecule has 0 aromatic heterocycles. The molecule has 1 fully saturated rings. The van der Waals surface area contributed by atoms with Crippen LogP contribution in [-0.4, -0.2) is 55.3 Å². The first kappa shape index (κ1) is 14.0. The molecule has 1 heterocycles. The summed E-state index contributed by atoms with van der Waals surface area (Å²) in [5, 5.41) is 12.9. The zero-order chi connectivity index (χ0) is 13.8. The van der Waals surface area contributed by atoms with Crippen LogP contribution < -0.4 is 5.32 Å². The molecule has 1 aromatic rings. The minimum absolute atomic E-state index is 0.138. The maximum atomic E-state index is 12.5. The fourth-order valence-corrected chi connectivity index (χ4v) is 2.40. The van der Waals surface area contributed by atoms with E-state index in [-0.39, 0.29) is 11.9 Å². The van der Waals surface area contributed by atoms with Crippen molar-refractivity contribution in [2.45, 2.75) is 18.2 Å². The van der Waals surface area contributed by atoms with Gasteiger partial charge in [0.2, 0.25) is 0 Å². The number of aliphatic hydroxyl groups is 1. The summed E-state index contributed by atoms with van der Waals surface area (Å²) in [5.74, 6) is -0.138. The van der Waals surface area contributed by atoms with Crippen LogP contribution in [0.3, 0.4) is 0 Å². The summed E-state index contributed by atoms with van der Waals surface area (Å²) in [6.07, 6.45) is -1.15. The van der Waals surface area contributed by atoms with E-state index in [9.17, 15) is 9.90 Å². The third kappa shape index (κ3) is 2.94. The van der Waals surface area contributed by atoms with Gasteiger partial charge in [-0.2, -0.15) is 0 Å². The van der Waals surface area contributed by atoms with E-state index in [4.69, 9.17) is 4.74 Å². The molecule has 0 spiro atoms. The Morgan fingerprint density at radius 2 is 2.11 bits per heavy atom. The van der Waals surface area contributed by atoms with Gasteiger partial charge in [-0.1, -0.05) is 30.3 Å². The van der Waals surface area contributed by atoms with Gasteiger partial charge in [-0.3, -0.25) is 4.79 Å². The van der Waals surface area contributed by atoms with Crippen molar-refractivity contribution in [1.82, 2.24) is 10.2 Å². The molecule has 2 N–H and O–H groups in total. The molecule has 0 saturated carbocycles. The number of rotatable bonds is 4. The lowest BCUT2D eigenvalue weighted by Crippen LogP contribution is -2.46. The Bertz CT molecular complexity index is 424. The Morgan fingerprint density at radius 1 is 1.42 bits per heavy atom. The molecule has 5 nitrogen and oxygen atoms in total. The van der Waals surface area contributed by atoms with Crippen LogP contribution in [0.25, 0.3) is 0 Å². The Hall–Kier alpha value is -1.43. The molecule has 1 saturated heterocycles. The van der Waals surface area contributed by atoms with Crippen LogP contribution in [0.2, 0.25) is 0 Å². The van der Waals surface area contributed by atoms with E-state index in [1.807, 2.05) is 30.3 Å². The molecule has 0 radical (unpaired) electrons. The third-order valence-corrected chi connectivity index (χ3v) is 3.56. The number of amides is 1. The number of hydrogen-bond acceptors (Lipinski definition) is 4. The zero-order valence-corrected chi connectivity index (χ0v) is 11.2. The number of hydrogen-bond donors (Lipinski definition) is 2. The number of carbonyl (C=O) groups excluding carboxylic acids is 1. The van der Waals surface area contributed by atoms with E-state index < -0.39 is 12.2 Å². The maximum absolute atomic E-state index is 12.5. The highest BCUT2D eigenvalue weighted by Gasteiger charge is 2.34. The van der Waals surface area contributed by atoms with Gasteiger partial charge in [-0.15, -0.1) is 0 Å². The molecule has 1 aliphatic heterocycles. The lowest BCUT2D eigenvalue weighted by Gasteiger charge is -2.29. The number of benzene rings is 1. The Labute approximate surface area is 113 Å². The predicted octanol–water partition coefficient (Wildman–Crippen LogP) is 0.165. The number of likely N-dealkylation sites (N-methyl/N-ethyl adjacent to an activating group) is 1. The van der Waals surface area contributed by atoms with Crippen LogP contribution in [0.5, 0.6) is 0 Å². The van der Waals surface area contributed by atoms with Crippen LogP contribution in [0.4, 0.5) is 0 Å². The second-order valence-electron chi connectivity index (χ2n) is 4.77. The molecule has 3 atom stereocenters. The molecule has 1 aromatic carbocycles. The summed E-state index contributed by atoms with van der Waals surface area (Å²) in [6.45, 7) is 1.12. The van der Waals surface area contributed by atoms with Gasteiger partial charge in [0.15, 0.2) is 6.10 Å². The van der Waals surface area contributed by atoms with E-state index >= 15 is 0 Å². The third-order valence-electron chi connectivity index (χ3n) is 3.56. The second kappa shape index (κ2) is 6.14. The first-order valence-electron chi connectivity index (χ1n) is 6.38. The number of ether oxygens (including phenoxy) is 1. The highest BCUT2D eigenvalue weighted by atomic mass is 16.5. The van der Waals surface area contributed by atoms with E-state index in [2.05, 4.69) is 5.32 Å². The topological polar surface area (TPSA) is 61.8 Å². The zero-order valence-electron chi connectivity index (χ0n) is 11.2. The summed E-state index contributed by atoms with van der Waals surface area (Å²) in [4.78, 5) is 14.0. The number of aliphatic hydroxyl groups excluding tert-OH is 1. The lowest BCUT2D eigenvalue weighted by atomic mass is 10.1. The van der Waals surface area contributed by atoms with E-state index in [1.54, 1.807) is 11.9 Å². The first-order valence-corrected chi connectivity index (χ1v) is 6.38. The Balaban J connectivity index is 2.12. The van der Waals surface area contributed by atoms with Gasteiger partial charge < -0.3 is 20.1 Å². The van der Waals surface area contributed by atoms with Crippen molar-refractivity contribution >= 4 is 5.91 Å². The van der Waals surface area contributed by atoms with Gasteiger partial charge in [-0.25, -0.2) is 0 Å². The largest absolute Gasteiger partial charge is 0.390 e. The molecular formula is C14H20N2O3. The van der Waals surface area contributed by atoms with Gasteiger partial charge in [0, 0.05) is 27.2 Å². The normalized spacial score (nSPS) is 24.2. The molecule has 19 heavy (non-hydrogen) atoms. The van der Waals surface area contributed by atoms with Crippen molar-refractivity contribution in [1.29, 1.82) is 0 Å². The van der Waals surface area contributed by atoms with Crippen molar-refractivity contribution in [3.63, 3.8) is 0 Å². The molecule has 1 unspecified atom stereocenters. The van der Waals surface area contributed by atoms with Crippen molar-refractivity contribution in [3.05, 3.63) is 35.9 Å². The summed E-state index contributed by atoms with van der Waals surface area (Å²) in [6, 6.07) is 9.18. The molecule has 2 rings (SSSR count). The van der Waals surface area contributed by atoms with Gasteiger partial charge in [0.05, 0.1) is 12.1 Å². The summed E-state index contributed by atoms with van der Waals surface area (Å²) < 4.78 is 5.32. The molecular weight excluding hydrogens is 244 g/mol. The standard InChI is InChI=1S/C14H20N2O3/c1-16(11-8-15-9-12(11)17)14(18)13(19-2)10-6-4-3-5-7-10/h3-7,11-13,15,17H,8-9H2,1-2H3/t11-,12-,13?/m1/s1. The van der Waals surface area contributed by atoms with Gasteiger partial charge in [-0.05, 0) is 5.56 Å². The highest BCUT2D eigenvalue weighted by Crippen LogP contribution is 2.21. The van der Waals surface area contributed by atoms with Crippen LogP contribution >= 0.6 is 0 Å². The molecule has 104 valence electrons. The fraction of sp³-hybridized carbons (Fsp3) is 0.500. The summed E-state index contributed by atoms with van der Waals surface area (Å²) in [7, 11) is 3.23. The Kier molecular flexibility index (Phi) is 4.52. The van der Waals surface area contributed by atoms with Crippen molar-refractivity contribution in [2.24, 2.45) is 0 Å². The maximum Gasteiger partial charge on any atom is 0.256 e. The van der Waals surface area contributed by atoms with Crippen LogP contribution in [0.15, 0.2) is 30.3 Å². The van der Waals surface area contributed by atoms with Gasteiger partial charge >= 0.3 is 0 Å². The summed E-state index contributed by atoms with van der Waals surface area (Å²) in [5.41, 5.74) is 0.822. The second-order valence-corrected chi connectivity index (χ2v) is 4.77. The SMILES string of the molecule is COC(C(=O)N(C)[C@@H]1CNC[C@H]1O)c1ccccc1. The molecule has 1 aliphatic rings. The number of carbonyl (C=O) groups is 1. The highest BCUT2D eigenvalue weighted by molar-refractivity contribution is 5.82. The first-order chi connectivity index (χ1) is 9.15. The summed E-state index contributed by atoms with van der Waals surface area (Å²) >= 11 is 0. The van der Waals surface area contributed by atoms with E-state index in [1.165, 1.54) is 7.11 Å². The van der Waals surface area contributed by atoms with Crippen LogP contribution in [-0.2, 0) is 9.53 Å². The molecule has 1 amide bonds. The average molecular weight is 264 g/mol. The van der Waals surface area contributed by atoms with Crippen LogP contribution in [0.1, 0.15) is 11.7 Å². The number of methoxy groups -OCH3 is 1. The van der Waals surface area contributed by atoms with Crippen molar-refractivity contribution in [2.75, 3.05) is 27.2 Å². The predicted molar refractivity (Wildman–Crippen MR) is 71.6 cm³/mol. The van der Waals surface area contributed by atoms with Gasteiger partial charge in [0.1, 0.15) is 0 Å². The fourth-order valence-electron chi connectivity index (χ4n) is 2.40. The number of nitrogens with one attached hydrogen (secondary N) is 1. The minimum Gasteiger partial charge on any atom is -0.390 e. The minimum atomic E-state index is -0.626. The monoisotopic (exact) mass is 264 g/mol. The molecule has 0 aliphatic carbocycles.